The number of halogens is 3. The average Bonchev–Trinajstić information content (AvgIpc) is 3.06. The molecule has 122 valence electrons. The molecule has 0 fully saturated rings. The van der Waals surface area contributed by atoms with Crippen molar-refractivity contribution in [2.75, 3.05) is 5.32 Å². The number of fused-ring (bicyclic) bond motifs is 1. The van der Waals surface area contributed by atoms with Gasteiger partial charge in [-0.1, -0.05) is 34.1 Å². The van der Waals surface area contributed by atoms with Crippen LogP contribution in [0, 0.1) is 5.82 Å². The molecule has 0 spiro atoms. The van der Waals surface area contributed by atoms with Gasteiger partial charge < -0.3 is 5.32 Å². The third kappa shape index (κ3) is 2.86. The van der Waals surface area contributed by atoms with Crippen molar-refractivity contribution >= 4 is 37.8 Å². The lowest BCUT2D eigenvalue weighted by atomic mass is 9.93. The van der Waals surface area contributed by atoms with Crippen LogP contribution < -0.4 is 5.32 Å². The lowest BCUT2D eigenvalue weighted by Gasteiger charge is -2.32. The summed E-state index contributed by atoms with van der Waals surface area (Å²) < 4.78 is 16.9. The molecule has 0 saturated carbocycles. The van der Waals surface area contributed by atoms with Gasteiger partial charge in [0.1, 0.15) is 12.1 Å². The summed E-state index contributed by atoms with van der Waals surface area (Å²) in [5, 5.41) is 7.76. The van der Waals surface area contributed by atoms with Gasteiger partial charge in [0.05, 0.1) is 16.6 Å². The first kappa shape index (κ1) is 15.8. The Hall–Kier alpha value is -1.73. The van der Waals surface area contributed by atoms with Crippen molar-refractivity contribution in [1.82, 2.24) is 14.8 Å². The van der Waals surface area contributed by atoms with E-state index in [-0.39, 0.29) is 17.9 Å². The van der Waals surface area contributed by atoms with Gasteiger partial charge in [-0.2, -0.15) is 10.1 Å². The molecule has 2 heterocycles. The van der Waals surface area contributed by atoms with E-state index in [2.05, 4.69) is 59.4 Å². The standard InChI is InChI=1S/C17H13Br2FN4/c18-12-4-1-10(2-5-12)15-8-16(24-17(23-15)21-9-22-24)11-3-6-14(20)13(19)7-11/h1-7,9,15-16H,8H2,(H,21,22,23)/t15-,16+/m1/s1. The van der Waals surface area contributed by atoms with Gasteiger partial charge in [-0.15, -0.1) is 0 Å². The van der Waals surface area contributed by atoms with Crippen molar-refractivity contribution in [3.05, 3.63) is 74.7 Å². The lowest BCUT2D eigenvalue weighted by Crippen LogP contribution is -2.28. The van der Waals surface area contributed by atoms with Crippen LogP contribution in [0.3, 0.4) is 0 Å². The molecule has 1 aliphatic rings. The monoisotopic (exact) mass is 450 g/mol. The molecule has 24 heavy (non-hydrogen) atoms. The fraction of sp³-hybridized carbons (Fsp3) is 0.176. The molecule has 3 aromatic rings. The maximum absolute atomic E-state index is 13.6. The highest BCUT2D eigenvalue weighted by Crippen LogP contribution is 2.38. The Bertz CT molecular complexity index is 879. The van der Waals surface area contributed by atoms with Gasteiger partial charge in [0.15, 0.2) is 0 Å². The summed E-state index contributed by atoms with van der Waals surface area (Å²) >= 11 is 6.74. The van der Waals surface area contributed by atoms with Gasteiger partial charge in [0.25, 0.3) is 0 Å². The Labute approximate surface area is 155 Å². The normalized spacial score (nSPS) is 19.6. The molecular weight excluding hydrogens is 439 g/mol. The fourth-order valence-corrected chi connectivity index (χ4v) is 3.69. The predicted molar refractivity (Wildman–Crippen MR) is 97.4 cm³/mol. The van der Waals surface area contributed by atoms with Gasteiger partial charge in [-0.3, -0.25) is 0 Å². The molecule has 0 unspecified atom stereocenters. The maximum Gasteiger partial charge on any atom is 0.222 e. The van der Waals surface area contributed by atoms with Crippen LogP contribution in [-0.4, -0.2) is 14.8 Å². The molecule has 2 atom stereocenters. The van der Waals surface area contributed by atoms with Crippen LogP contribution in [0.1, 0.15) is 29.6 Å². The molecule has 0 radical (unpaired) electrons. The van der Waals surface area contributed by atoms with E-state index >= 15 is 0 Å². The Morgan fingerprint density at radius 1 is 1.08 bits per heavy atom. The molecule has 1 N–H and O–H groups in total. The first-order valence-corrected chi connectivity index (χ1v) is 9.07. The van der Waals surface area contributed by atoms with Crippen LogP contribution in [0.15, 0.2) is 57.7 Å². The summed E-state index contributed by atoms with van der Waals surface area (Å²) in [7, 11) is 0. The van der Waals surface area contributed by atoms with Crippen LogP contribution in [0.4, 0.5) is 10.3 Å². The highest BCUT2D eigenvalue weighted by molar-refractivity contribution is 9.10. The molecule has 1 aromatic heterocycles. The van der Waals surface area contributed by atoms with Crippen molar-refractivity contribution in [2.24, 2.45) is 0 Å². The van der Waals surface area contributed by atoms with E-state index in [1.54, 1.807) is 6.07 Å². The number of rotatable bonds is 2. The Balaban J connectivity index is 1.73. The summed E-state index contributed by atoms with van der Waals surface area (Å²) in [5.74, 6) is 0.454. The Morgan fingerprint density at radius 2 is 1.83 bits per heavy atom. The van der Waals surface area contributed by atoms with E-state index in [1.807, 2.05) is 22.9 Å². The number of hydrogen-bond donors (Lipinski definition) is 1. The number of anilines is 1. The van der Waals surface area contributed by atoms with E-state index < -0.39 is 0 Å². The highest BCUT2D eigenvalue weighted by Gasteiger charge is 2.30. The van der Waals surface area contributed by atoms with E-state index in [0.717, 1.165) is 22.4 Å². The summed E-state index contributed by atoms with van der Waals surface area (Å²) in [5.41, 5.74) is 2.18. The SMILES string of the molecule is Fc1ccc([C@@H]2C[C@H](c3ccc(Br)cc3)Nc3ncnn32)cc1Br. The molecule has 7 heteroatoms. The quantitative estimate of drug-likeness (QED) is 0.590. The van der Waals surface area contributed by atoms with Crippen LogP contribution in [0.5, 0.6) is 0 Å². The average molecular weight is 452 g/mol. The molecule has 0 amide bonds. The zero-order valence-corrected chi connectivity index (χ0v) is 15.6. The molecule has 4 rings (SSSR count). The zero-order chi connectivity index (χ0) is 16.7. The number of hydrogen-bond acceptors (Lipinski definition) is 3. The molecule has 0 aliphatic carbocycles. The minimum Gasteiger partial charge on any atom is -0.348 e. The zero-order valence-electron chi connectivity index (χ0n) is 12.5. The van der Waals surface area contributed by atoms with Crippen LogP contribution >= 0.6 is 31.9 Å². The summed E-state index contributed by atoms with van der Waals surface area (Å²) in [6.45, 7) is 0. The number of nitrogens with one attached hydrogen (secondary N) is 1. The molecule has 0 bridgehead atoms. The molecule has 4 nitrogen and oxygen atoms in total. The van der Waals surface area contributed by atoms with Gasteiger partial charge in [-0.25, -0.2) is 9.07 Å². The van der Waals surface area contributed by atoms with Crippen molar-refractivity contribution in [1.29, 1.82) is 0 Å². The molecule has 1 aliphatic heterocycles. The van der Waals surface area contributed by atoms with E-state index in [1.165, 1.54) is 18.0 Å². The van der Waals surface area contributed by atoms with Crippen LogP contribution in [0.2, 0.25) is 0 Å². The molecule has 0 saturated heterocycles. The summed E-state index contributed by atoms with van der Waals surface area (Å²) in [4.78, 5) is 4.31. The fourth-order valence-electron chi connectivity index (χ4n) is 3.03. The van der Waals surface area contributed by atoms with Gasteiger partial charge >= 0.3 is 0 Å². The van der Waals surface area contributed by atoms with Crippen LogP contribution in [0.25, 0.3) is 0 Å². The van der Waals surface area contributed by atoms with Gasteiger partial charge in [-0.05, 0) is 57.7 Å². The smallest absolute Gasteiger partial charge is 0.222 e. The first-order valence-electron chi connectivity index (χ1n) is 7.48. The van der Waals surface area contributed by atoms with Crippen molar-refractivity contribution in [3.63, 3.8) is 0 Å². The van der Waals surface area contributed by atoms with Crippen molar-refractivity contribution in [2.45, 2.75) is 18.5 Å². The van der Waals surface area contributed by atoms with E-state index in [9.17, 15) is 4.39 Å². The van der Waals surface area contributed by atoms with E-state index in [4.69, 9.17) is 0 Å². The Kier molecular flexibility index (Phi) is 4.14. The van der Waals surface area contributed by atoms with Crippen molar-refractivity contribution in [3.8, 4) is 0 Å². The molecule has 2 aromatic carbocycles. The van der Waals surface area contributed by atoms with Gasteiger partial charge in [0, 0.05) is 4.47 Å². The number of benzene rings is 2. The predicted octanol–water partition coefficient (Wildman–Crippen LogP) is 5.09. The largest absolute Gasteiger partial charge is 0.348 e. The second-order valence-electron chi connectivity index (χ2n) is 5.70. The second kappa shape index (κ2) is 6.29. The minimum absolute atomic E-state index is 0.00528. The summed E-state index contributed by atoms with van der Waals surface area (Å²) in [6, 6.07) is 13.4. The highest BCUT2D eigenvalue weighted by atomic mass is 79.9. The van der Waals surface area contributed by atoms with E-state index in [0.29, 0.717) is 4.47 Å². The summed E-state index contributed by atoms with van der Waals surface area (Å²) in [6.07, 6.45) is 2.34. The number of nitrogens with zero attached hydrogens (tertiary/aromatic N) is 3. The lowest BCUT2D eigenvalue weighted by molar-refractivity contribution is 0.430. The third-order valence-corrected chi connectivity index (χ3v) is 5.37. The minimum atomic E-state index is -0.268. The second-order valence-corrected chi connectivity index (χ2v) is 7.47. The number of aromatic nitrogens is 3. The maximum atomic E-state index is 13.6. The third-order valence-electron chi connectivity index (χ3n) is 4.23. The first-order chi connectivity index (χ1) is 11.6. The topological polar surface area (TPSA) is 42.7 Å². The van der Waals surface area contributed by atoms with Crippen molar-refractivity contribution < 1.29 is 4.39 Å². The Morgan fingerprint density at radius 3 is 2.58 bits per heavy atom. The van der Waals surface area contributed by atoms with Gasteiger partial charge in [0.2, 0.25) is 5.95 Å². The molecular formula is C17H13Br2FN4. The van der Waals surface area contributed by atoms with Crippen LogP contribution in [-0.2, 0) is 0 Å².